The molecule has 4 heterocycles. The van der Waals surface area contributed by atoms with Gasteiger partial charge in [0.05, 0.1) is 15.7 Å². The second-order valence-electron chi connectivity index (χ2n) is 12.4. The van der Waals surface area contributed by atoms with Gasteiger partial charge < -0.3 is 9.38 Å². The number of anilines is 2. The Balaban J connectivity index is 1.38. The van der Waals surface area contributed by atoms with E-state index in [1.165, 1.54) is 92.2 Å². The van der Waals surface area contributed by atoms with Crippen LogP contribution in [0.25, 0.3) is 69.9 Å². The van der Waals surface area contributed by atoms with E-state index in [1.807, 2.05) is 11.3 Å². The van der Waals surface area contributed by atoms with Crippen molar-refractivity contribution >= 4 is 82.5 Å². The first-order chi connectivity index (χ1) is 22.9. The number of thiophene rings is 1. The van der Waals surface area contributed by atoms with E-state index < -0.39 is 0 Å². The van der Waals surface area contributed by atoms with Gasteiger partial charge in [0.25, 0.3) is 0 Å². The van der Waals surface area contributed by atoms with Gasteiger partial charge >= 0.3 is 6.85 Å². The second-order valence-corrected chi connectivity index (χ2v) is 13.5. The Bertz CT molecular complexity index is 2720. The normalized spacial score (nSPS) is 13.1. The molecule has 2 nitrogen and oxygen atoms in total. The Morgan fingerprint density at radius 1 is 0.435 bits per heavy atom. The summed E-state index contributed by atoms with van der Waals surface area (Å²) in [6.07, 6.45) is 0. The summed E-state index contributed by atoms with van der Waals surface area (Å²) in [5.41, 5.74) is 14.2. The zero-order valence-electron chi connectivity index (χ0n) is 24.8. The van der Waals surface area contributed by atoms with Crippen LogP contribution in [0, 0.1) is 0 Å². The minimum atomic E-state index is 0.0179. The first-order valence-electron chi connectivity index (χ1n) is 15.9. The second kappa shape index (κ2) is 9.00. The predicted octanol–water partition coefficient (Wildman–Crippen LogP) is 10.1. The van der Waals surface area contributed by atoms with Gasteiger partial charge in [0.2, 0.25) is 0 Å². The molecule has 2 aromatic heterocycles. The maximum absolute atomic E-state index is 2.61. The number of hydrogen-bond donors (Lipinski definition) is 0. The molecule has 9 aromatic rings. The number of fused-ring (bicyclic) bond motifs is 19. The van der Waals surface area contributed by atoms with Crippen LogP contribution in [0.2, 0.25) is 0 Å². The SMILES string of the molecule is c1ccc(-n2c3c4c(ccc3c3ccc5c6ccccc6sc5c32)-c2ccccc2N2B4c3ccccc3-c3ccccc32)cc1. The molecule has 0 saturated heterocycles. The average Bonchev–Trinajstić information content (AvgIpc) is 3.68. The van der Waals surface area contributed by atoms with E-state index in [-0.39, 0.29) is 6.85 Å². The highest BCUT2D eigenvalue weighted by molar-refractivity contribution is 7.26. The first kappa shape index (κ1) is 24.7. The van der Waals surface area contributed by atoms with Gasteiger partial charge in [0.1, 0.15) is 0 Å². The smallest absolute Gasteiger partial charge is 0.331 e. The molecule has 0 atom stereocenters. The fourth-order valence-electron chi connectivity index (χ4n) is 8.37. The predicted molar refractivity (Wildman–Crippen MR) is 198 cm³/mol. The summed E-state index contributed by atoms with van der Waals surface area (Å²) in [4.78, 5) is 2.61. The monoisotopic (exact) mass is 600 g/mol. The molecular weight excluding hydrogens is 575 g/mol. The lowest BCUT2D eigenvalue weighted by molar-refractivity contribution is 1.19. The van der Waals surface area contributed by atoms with Crippen molar-refractivity contribution in [1.29, 1.82) is 0 Å². The van der Waals surface area contributed by atoms with Crippen molar-refractivity contribution < 1.29 is 0 Å². The van der Waals surface area contributed by atoms with Gasteiger partial charge in [0.15, 0.2) is 0 Å². The maximum Gasteiger partial charge on any atom is 0.331 e. The Kier molecular flexibility index (Phi) is 4.83. The molecule has 0 amide bonds. The summed E-state index contributed by atoms with van der Waals surface area (Å²) in [5, 5.41) is 5.25. The topological polar surface area (TPSA) is 8.17 Å². The van der Waals surface area contributed by atoms with Crippen LogP contribution in [-0.4, -0.2) is 11.4 Å². The van der Waals surface area contributed by atoms with Crippen LogP contribution in [0.4, 0.5) is 11.4 Å². The molecule has 212 valence electrons. The summed E-state index contributed by atoms with van der Waals surface area (Å²) >= 11 is 1.91. The van der Waals surface area contributed by atoms with Crippen molar-refractivity contribution in [2.75, 3.05) is 4.81 Å². The molecule has 0 fully saturated rings. The summed E-state index contributed by atoms with van der Waals surface area (Å²) in [6, 6.07) is 56.2. The van der Waals surface area contributed by atoms with Crippen LogP contribution in [-0.2, 0) is 0 Å². The van der Waals surface area contributed by atoms with Gasteiger partial charge in [-0.1, -0.05) is 121 Å². The van der Waals surface area contributed by atoms with Crippen molar-refractivity contribution in [1.82, 2.24) is 4.57 Å². The van der Waals surface area contributed by atoms with Gasteiger partial charge in [-0.25, -0.2) is 0 Å². The van der Waals surface area contributed by atoms with E-state index in [0.717, 1.165) is 0 Å². The molecule has 2 aliphatic rings. The largest absolute Gasteiger partial charge is 0.376 e. The third-order valence-electron chi connectivity index (χ3n) is 10.2. The highest BCUT2D eigenvalue weighted by Gasteiger charge is 2.44. The molecule has 4 heteroatoms. The van der Waals surface area contributed by atoms with Crippen LogP contribution in [0.1, 0.15) is 0 Å². The molecule has 0 aliphatic carbocycles. The van der Waals surface area contributed by atoms with E-state index >= 15 is 0 Å². The fraction of sp³-hybridized carbons (Fsp3) is 0. The van der Waals surface area contributed by atoms with Crippen molar-refractivity contribution in [2.45, 2.75) is 0 Å². The summed E-state index contributed by atoms with van der Waals surface area (Å²) in [5.74, 6) is 0. The minimum Gasteiger partial charge on any atom is -0.376 e. The van der Waals surface area contributed by atoms with Crippen molar-refractivity contribution in [3.63, 3.8) is 0 Å². The van der Waals surface area contributed by atoms with E-state index in [4.69, 9.17) is 0 Å². The van der Waals surface area contributed by atoms with Crippen LogP contribution in [0.5, 0.6) is 0 Å². The molecule has 0 saturated carbocycles. The van der Waals surface area contributed by atoms with Crippen molar-refractivity contribution in [2.24, 2.45) is 0 Å². The molecule has 2 aliphatic heterocycles. The van der Waals surface area contributed by atoms with Crippen LogP contribution < -0.4 is 15.7 Å². The van der Waals surface area contributed by atoms with Crippen LogP contribution in [0.15, 0.2) is 152 Å². The van der Waals surface area contributed by atoms with E-state index in [9.17, 15) is 0 Å². The quantitative estimate of drug-likeness (QED) is 0.170. The number of aromatic nitrogens is 1. The lowest BCUT2D eigenvalue weighted by atomic mass is 9.43. The number of rotatable bonds is 1. The fourth-order valence-corrected chi connectivity index (χ4v) is 9.61. The Morgan fingerprint density at radius 2 is 1.04 bits per heavy atom. The third kappa shape index (κ3) is 3.07. The van der Waals surface area contributed by atoms with Crippen LogP contribution >= 0.6 is 11.3 Å². The number of para-hydroxylation sites is 3. The number of benzene rings is 7. The Morgan fingerprint density at radius 3 is 1.87 bits per heavy atom. The molecular formula is C42H25BN2S. The summed E-state index contributed by atoms with van der Waals surface area (Å²) in [6.45, 7) is 0.0179. The standard InChI is InChI=1S/C42H25BN2S/c1-2-12-26(13-3-1)44-40-32(33-24-25-34-30-17-7-11-21-38(30)46-42(34)41(33)44)23-22-31-29-16-6-10-20-37(29)45-36-19-9-5-15-28(36)27-14-4-8-18-35(27)43(45)39(31)40/h1-25H. The third-order valence-corrected chi connectivity index (χ3v) is 11.4. The maximum atomic E-state index is 2.61. The number of hydrogen-bond acceptors (Lipinski definition) is 2. The molecule has 11 rings (SSSR count). The zero-order chi connectivity index (χ0) is 29.9. The Hall–Kier alpha value is -5.58. The number of nitrogens with zero attached hydrogens (tertiary/aromatic N) is 2. The lowest BCUT2D eigenvalue weighted by Crippen LogP contribution is -2.60. The van der Waals surface area contributed by atoms with Crippen molar-refractivity contribution in [3.05, 3.63) is 152 Å². The van der Waals surface area contributed by atoms with Crippen molar-refractivity contribution in [3.8, 4) is 27.9 Å². The summed E-state index contributed by atoms with van der Waals surface area (Å²) < 4.78 is 5.25. The average molecular weight is 601 g/mol. The van der Waals surface area contributed by atoms with Gasteiger partial charge in [-0.05, 0) is 52.4 Å². The lowest BCUT2D eigenvalue weighted by Gasteiger charge is -2.43. The van der Waals surface area contributed by atoms with Gasteiger partial charge in [-0.15, -0.1) is 11.3 Å². The molecule has 0 unspecified atom stereocenters. The Labute approximate surface area is 270 Å². The molecule has 0 spiro atoms. The zero-order valence-corrected chi connectivity index (χ0v) is 25.6. The molecule has 0 N–H and O–H groups in total. The molecule has 7 aromatic carbocycles. The molecule has 46 heavy (non-hydrogen) atoms. The highest BCUT2D eigenvalue weighted by Crippen LogP contribution is 2.48. The highest BCUT2D eigenvalue weighted by atomic mass is 32.1. The van der Waals surface area contributed by atoms with Crippen LogP contribution in [0.3, 0.4) is 0 Å². The van der Waals surface area contributed by atoms with E-state index in [1.54, 1.807) is 0 Å². The summed E-state index contributed by atoms with van der Waals surface area (Å²) in [7, 11) is 0. The van der Waals surface area contributed by atoms with E-state index in [2.05, 4.69) is 161 Å². The first-order valence-corrected chi connectivity index (χ1v) is 16.7. The van der Waals surface area contributed by atoms with E-state index in [0.29, 0.717) is 0 Å². The molecule has 0 radical (unpaired) electrons. The van der Waals surface area contributed by atoms with Gasteiger partial charge in [0, 0.05) is 54.4 Å². The minimum absolute atomic E-state index is 0.0179. The van der Waals surface area contributed by atoms with Gasteiger partial charge in [-0.3, -0.25) is 0 Å². The van der Waals surface area contributed by atoms with Gasteiger partial charge in [-0.2, -0.15) is 0 Å². The molecule has 0 bridgehead atoms.